The van der Waals surface area contributed by atoms with Crippen molar-refractivity contribution in [3.05, 3.63) is 111 Å². The molecule has 13 heteroatoms. The van der Waals surface area contributed by atoms with Gasteiger partial charge in [0.05, 0.1) is 18.0 Å². The number of carbonyl (C=O) groups excluding carboxylic acids is 3. The first-order valence-electron chi connectivity index (χ1n) is 15.9. The molecule has 2 heterocycles. The van der Waals surface area contributed by atoms with Crippen molar-refractivity contribution in [3.63, 3.8) is 0 Å². The molecule has 2 aliphatic rings. The molecule has 4 aromatic rings. The summed E-state index contributed by atoms with van der Waals surface area (Å²) < 4.78 is 14.2. The molecule has 0 bridgehead atoms. The van der Waals surface area contributed by atoms with E-state index in [4.69, 9.17) is 0 Å². The molecule has 48 heavy (non-hydrogen) atoms. The van der Waals surface area contributed by atoms with E-state index in [0.29, 0.717) is 42.8 Å². The molecule has 3 amide bonds. The molecule has 1 saturated heterocycles. The minimum absolute atomic E-state index is 0.0596. The molecule has 3 aromatic carbocycles. The van der Waals surface area contributed by atoms with Gasteiger partial charge in [0.1, 0.15) is 11.9 Å². The first-order valence-corrected chi connectivity index (χ1v) is 15.9. The van der Waals surface area contributed by atoms with Crippen LogP contribution in [0, 0.1) is 17.1 Å². The summed E-state index contributed by atoms with van der Waals surface area (Å²) in [5.41, 5.74) is 4.13. The lowest BCUT2D eigenvalue weighted by Gasteiger charge is -2.38. The highest BCUT2D eigenvalue weighted by Gasteiger charge is 2.46. The van der Waals surface area contributed by atoms with E-state index in [1.165, 1.54) is 12.1 Å². The maximum absolute atomic E-state index is 14.2. The molecular formula is C35H36FN9O3. The zero-order valence-electron chi connectivity index (χ0n) is 26.7. The number of amides is 3. The maximum Gasteiger partial charge on any atom is 0.251 e. The Bertz CT molecular complexity index is 1800. The minimum atomic E-state index is -1.08. The first-order chi connectivity index (χ1) is 23.3. The third-order valence-corrected chi connectivity index (χ3v) is 9.53. The van der Waals surface area contributed by atoms with Crippen LogP contribution in [0.25, 0.3) is 0 Å². The second kappa shape index (κ2) is 13.7. The van der Waals surface area contributed by atoms with Gasteiger partial charge in [0.25, 0.3) is 11.8 Å². The highest BCUT2D eigenvalue weighted by molar-refractivity contribution is 5.95. The number of aryl methyl sites for hydroxylation is 2. The summed E-state index contributed by atoms with van der Waals surface area (Å²) in [5, 5.41) is 33.8. The zero-order chi connectivity index (χ0) is 33.8. The molecule has 6 rings (SSSR count). The quantitative estimate of drug-likeness (QED) is 0.215. The van der Waals surface area contributed by atoms with Gasteiger partial charge in [-0.15, -0.1) is 5.10 Å². The van der Waals surface area contributed by atoms with E-state index >= 15 is 0 Å². The predicted molar refractivity (Wildman–Crippen MR) is 173 cm³/mol. The number of H-pyrrole nitrogens is 1. The molecule has 246 valence electrons. The van der Waals surface area contributed by atoms with Crippen molar-refractivity contribution in [1.29, 1.82) is 5.26 Å². The summed E-state index contributed by atoms with van der Waals surface area (Å²) in [6.07, 6.45) is 2.78. The Balaban J connectivity index is 1.53. The number of aromatic nitrogens is 4. The number of hydrogen-bond donors (Lipinski definition) is 4. The van der Waals surface area contributed by atoms with Gasteiger partial charge < -0.3 is 20.9 Å². The van der Waals surface area contributed by atoms with Gasteiger partial charge in [0.15, 0.2) is 5.82 Å². The number of halogens is 1. The van der Waals surface area contributed by atoms with Crippen LogP contribution in [-0.2, 0) is 23.1 Å². The lowest BCUT2D eigenvalue weighted by Crippen LogP contribution is -2.43. The number of nitrogens with one attached hydrogen (secondary N) is 4. The standard InChI is InChI=1S/C35H36FN9O3/c1-38-32(47)24-9-13-28-22(16-24)5-6-23-17-25(33(48)39-2)10-14-29(23)35(28,34-41-43-44-42-34)18-30(21-7-11-26(36)12-8-21)40-20-31(46)45-15-3-4-27(45)19-37/h7-14,16-17,27,30,40H,3-6,15,18,20H2,1-2H3,(H,38,47)(H,39,48)(H,41,42,43,44)/t27-,30+/m0/s1. The third-order valence-electron chi connectivity index (χ3n) is 9.53. The van der Waals surface area contributed by atoms with Gasteiger partial charge in [-0.1, -0.05) is 24.3 Å². The van der Waals surface area contributed by atoms with Crippen LogP contribution in [-0.4, -0.2) is 76.5 Å². The molecule has 0 spiro atoms. The molecular weight excluding hydrogens is 613 g/mol. The van der Waals surface area contributed by atoms with Gasteiger partial charge in [-0.2, -0.15) is 5.26 Å². The Morgan fingerprint density at radius 2 is 1.62 bits per heavy atom. The van der Waals surface area contributed by atoms with Crippen LogP contribution < -0.4 is 16.0 Å². The molecule has 1 aromatic heterocycles. The molecule has 1 fully saturated rings. The van der Waals surface area contributed by atoms with Crippen molar-refractivity contribution in [2.45, 2.75) is 49.6 Å². The average molecular weight is 650 g/mol. The molecule has 12 nitrogen and oxygen atoms in total. The number of fused-ring (bicyclic) bond motifs is 2. The van der Waals surface area contributed by atoms with Crippen LogP contribution in [0.3, 0.4) is 0 Å². The average Bonchev–Trinajstić information content (AvgIpc) is 3.82. The Kier molecular flexibility index (Phi) is 9.27. The van der Waals surface area contributed by atoms with E-state index in [1.54, 1.807) is 43.3 Å². The number of nitriles is 1. The Hall–Kier alpha value is -5.48. The van der Waals surface area contributed by atoms with Crippen LogP contribution in [0.15, 0.2) is 60.7 Å². The lowest BCUT2D eigenvalue weighted by molar-refractivity contribution is -0.130. The molecule has 0 radical (unpaired) electrons. The van der Waals surface area contributed by atoms with E-state index in [0.717, 1.165) is 34.2 Å². The zero-order valence-corrected chi connectivity index (χ0v) is 26.7. The van der Waals surface area contributed by atoms with Crippen LogP contribution >= 0.6 is 0 Å². The van der Waals surface area contributed by atoms with Crippen molar-refractivity contribution >= 4 is 17.7 Å². The summed E-state index contributed by atoms with van der Waals surface area (Å²) in [7, 11) is 3.16. The van der Waals surface area contributed by atoms with Gasteiger partial charge in [0, 0.05) is 37.8 Å². The number of rotatable bonds is 9. The molecule has 4 N–H and O–H groups in total. The molecule has 0 unspecified atom stereocenters. The van der Waals surface area contributed by atoms with Crippen molar-refractivity contribution in [2.75, 3.05) is 27.2 Å². The SMILES string of the molecule is CNC(=O)c1ccc2c(c1)CCc1cc(C(=O)NC)ccc1C2(C[C@@H](NCC(=O)N1CCC[C@H]1C#N)c1ccc(F)cc1)c1nnn[nH]1. The fourth-order valence-corrected chi connectivity index (χ4v) is 7.15. The largest absolute Gasteiger partial charge is 0.355 e. The van der Waals surface area contributed by atoms with Gasteiger partial charge in [-0.25, -0.2) is 9.49 Å². The fourth-order valence-electron chi connectivity index (χ4n) is 7.15. The number of aromatic amines is 1. The highest BCUT2D eigenvalue weighted by atomic mass is 19.1. The van der Waals surface area contributed by atoms with E-state index in [-0.39, 0.29) is 30.7 Å². The smallest absolute Gasteiger partial charge is 0.251 e. The maximum atomic E-state index is 14.2. The number of hydrogen-bond acceptors (Lipinski definition) is 8. The monoisotopic (exact) mass is 649 g/mol. The summed E-state index contributed by atoms with van der Waals surface area (Å²) in [5.74, 6) is -0.624. The van der Waals surface area contributed by atoms with Crippen molar-refractivity contribution in [2.24, 2.45) is 0 Å². The minimum Gasteiger partial charge on any atom is -0.355 e. The summed E-state index contributed by atoms with van der Waals surface area (Å²) in [6.45, 7) is 0.450. The van der Waals surface area contributed by atoms with E-state index in [9.17, 15) is 24.0 Å². The van der Waals surface area contributed by atoms with Gasteiger partial charge in [0.2, 0.25) is 5.91 Å². The van der Waals surface area contributed by atoms with Crippen LogP contribution in [0.5, 0.6) is 0 Å². The van der Waals surface area contributed by atoms with Crippen molar-refractivity contribution in [3.8, 4) is 6.07 Å². The molecule has 0 saturated carbocycles. The van der Waals surface area contributed by atoms with Crippen LogP contribution in [0.2, 0.25) is 0 Å². The summed E-state index contributed by atoms with van der Waals surface area (Å²) in [4.78, 5) is 40.6. The lowest BCUT2D eigenvalue weighted by atomic mass is 9.67. The Labute approximate surface area is 277 Å². The normalized spacial score (nSPS) is 17.0. The Morgan fingerprint density at radius 3 is 2.17 bits per heavy atom. The topological polar surface area (TPSA) is 169 Å². The predicted octanol–water partition coefficient (Wildman–Crippen LogP) is 2.73. The van der Waals surface area contributed by atoms with E-state index < -0.39 is 23.3 Å². The van der Waals surface area contributed by atoms with Gasteiger partial charge >= 0.3 is 0 Å². The van der Waals surface area contributed by atoms with Gasteiger partial charge in [-0.05, 0) is 107 Å². The van der Waals surface area contributed by atoms with Crippen molar-refractivity contribution < 1.29 is 18.8 Å². The van der Waals surface area contributed by atoms with E-state index in [1.807, 2.05) is 24.3 Å². The molecule has 2 atom stereocenters. The summed E-state index contributed by atoms with van der Waals surface area (Å²) in [6, 6.07) is 18.4. The molecule has 1 aliphatic heterocycles. The van der Waals surface area contributed by atoms with Crippen LogP contribution in [0.4, 0.5) is 4.39 Å². The number of likely N-dealkylation sites (tertiary alicyclic amines) is 1. The molecule has 1 aliphatic carbocycles. The number of benzene rings is 3. The third kappa shape index (κ3) is 6.02. The van der Waals surface area contributed by atoms with Gasteiger partial charge in [-0.3, -0.25) is 14.4 Å². The summed E-state index contributed by atoms with van der Waals surface area (Å²) >= 11 is 0. The fraction of sp³-hybridized carbons (Fsp3) is 0.343. The van der Waals surface area contributed by atoms with Crippen LogP contribution in [0.1, 0.15) is 79.7 Å². The Morgan fingerprint density at radius 1 is 1.00 bits per heavy atom. The number of tetrazole rings is 1. The second-order valence-electron chi connectivity index (χ2n) is 12.1. The second-order valence-corrected chi connectivity index (χ2v) is 12.1. The first kappa shape index (κ1) is 32.5. The number of carbonyl (C=O) groups is 3. The number of nitrogens with zero attached hydrogens (tertiary/aromatic N) is 5. The highest BCUT2D eigenvalue weighted by Crippen LogP contribution is 2.49. The van der Waals surface area contributed by atoms with Crippen molar-refractivity contribution in [1.82, 2.24) is 41.5 Å². The van der Waals surface area contributed by atoms with E-state index in [2.05, 4.69) is 42.6 Å².